The molecular weight excluding hydrogens is 422 g/mol. The lowest BCUT2D eigenvalue weighted by molar-refractivity contribution is -0.104. The second-order valence-electron chi connectivity index (χ2n) is 8.17. The van der Waals surface area contributed by atoms with E-state index in [9.17, 15) is 4.79 Å². The van der Waals surface area contributed by atoms with Crippen LogP contribution < -0.4 is 5.73 Å². The van der Waals surface area contributed by atoms with Crippen LogP contribution in [0, 0.1) is 0 Å². The van der Waals surface area contributed by atoms with Crippen LogP contribution in [0.3, 0.4) is 0 Å². The number of nitrogen functional groups attached to an aromatic ring is 1. The average molecular weight is 444 g/mol. The zero-order valence-electron chi connectivity index (χ0n) is 17.3. The van der Waals surface area contributed by atoms with E-state index in [0.29, 0.717) is 5.82 Å². The number of allylic oxidation sites excluding steroid dienone is 1. The van der Waals surface area contributed by atoms with Crippen LogP contribution >= 0.6 is 11.3 Å². The number of nitrogens with two attached hydrogens (primary N) is 1. The molecular formula is C23H21N7OS. The molecule has 6 rings (SSSR count). The molecule has 9 heteroatoms. The summed E-state index contributed by atoms with van der Waals surface area (Å²) in [5, 5.41) is 5.87. The van der Waals surface area contributed by atoms with Crippen LogP contribution in [0.1, 0.15) is 25.3 Å². The Morgan fingerprint density at radius 2 is 2.12 bits per heavy atom. The number of carbonyl (C=O) groups excluding carboxylic acids is 1. The fourth-order valence-corrected chi connectivity index (χ4v) is 5.68. The maximum atomic E-state index is 10.7. The van der Waals surface area contributed by atoms with Crippen molar-refractivity contribution >= 4 is 44.7 Å². The molecule has 0 bridgehead atoms. The third-order valence-corrected chi connectivity index (χ3v) is 7.22. The monoisotopic (exact) mass is 443 g/mol. The quantitative estimate of drug-likeness (QED) is 0.291. The highest BCUT2D eigenvalue weighted by molar-refractivity contribution is 7.16. The molecule has 1 unspecified atom stereocenters. The highest BCUT2D eigenvalue weighted by Crippen LogP contribution is 2.43. The molecule has 2 aliphatic rings. The van der Waals surface area contributed by atoms with Gasteiger partial charge in [-0.05, 0) is 48.6 Å². The molecule has 1 aromatic carbocycles. The van der Waals surface area contributed by atoms with Crippen molar-refractivity contribution < 1.29 is 4.79 Å². The second kappa shape index (κ2) is 7.52. The molecule has 1 atom stereocenters. The summed E-state index contributed by atoms with van der Waals surface area (Å²) in [5.41, 5.74) is 14.6. The van der Waals surface area contributed by atoms with Gasteiger partial charge in [-0.3, -0.25) is 4.79 Å². The van der Waals surface area contributed by atoms with Crippen molar-refractivity contribution in [2.24, 2.45) is 0 Å². The Hall–Kier alpha value is -3.59. The number of carbonyl (C=O) groups is 1. The van der Waals surface area contributed by atoms with Crippen LogP contribution in [-0.2, 0) is 4.79 Å². The maximum Gasteiger partial charge on any atom is 0.164 e. The molecule has 8 nitrogen and oxygen atoms in total. The van der Waals surface area contributed by atoms with Crippen LogP contribution in [0.4, 0.5) is 5.82 Å². The summed E-state index contributed by atoms with van der Waals surface area (Å²) in [6.07, 6.45) is 8.75. The predicted molar refractivity (Wildman–Crippen MR) is 125 cm³/mol. The molecule has 2 N–H and O–H groups in total. The molecule has 0 spiro atoms. The third-order valence-electron chi connectivity index (χ3n) is 6.43. The molecule has 1 aliphatic heterocycles. The third kappa shape index (κ3) is 3.00. The van der Waals surface area contributed by atoms with Crippen molar-refractivity contribution in [3.63, 3.8) is 0 Å². The molecule has 0 amide bonds. The number of aromatic nitrogens is 5. The van der Waals surface area contributed by atoms with Gasteiger partial charge >= 0.3 is 0 Å². The Morgan fingerprint density at radius 3 is 3.03 bits per heavy atom. The highest BCUT2D eigenvalue weighted by atomic mass is 32.1. The van der Waals surface area contributed by atoms with E-state index in [2.05, 4.69) is 30.6 Å². The molecule has 0 radical (unpaired) electrons. The summed E-state index contributed by atoms with van der Waals surface area (Å²) >= 11 is 1.61. The minimum atomic E-state index is 0.167. The van der Waals surface area contributed by atoms with E-state index in [1.807, 2.05) is 23.8 Å². The minimum absolute atomic E-state index is 0.167. The number of hydrogen-bond donors (Lipinski definition) is 1. The second-order valence-corrected chi connectivity index (χ2v) is 9.05. The summed E-state index contributed by atoms with van der Waals surface area (Å²) in [7, 11) is 0. The van der Waals surface area contributed by atoms with Crippen LogP contribution in [0.2, 0.25) is 0 Å². The van der Waals surface area contributed by atoms with Crippen LogP contribution in [0.5, 0.6) is 0 Å². The zero-order valence-corrected chi connectivity index (χ0v) is 18.1. The summed E-state index contributed by atoms with van der Waals surface area (Å²) in [4.78, 5) is 26.1. The summed E-state index contributed by atoms with van der Waals surface area (Å²) in [5.74, 6) is 0.446. The van der Waals surface area contributed by atoms with E-state index in [1.165, 1.54) is 17.5 Å². The van der Waals surface area contributed by atoms with Gasteiger partial charge in [0.1, 0.15) is 24.1 Å². The first-order valence-corrected chi connectivity index (χ1v) is 11.5. The number of aldehydes is 1. The van der Waals surface area contributed by atoms with Gasteiger partial charge in [0.05, 0.1) is 27.2 Å². The van der Waals surface area contributed by atoms with Crippen LogP contribution in [-0.4, -0.2) is 49.0 Å². The van der Waals surface area contributed by atoms with E-state index in [-0.39, 0.29) is 6.04 Å². The number of benzene rings is 1. The van der Waals surface area contributed by atoms with Crippen molar-refractivity contribution in [1.29, 1.82) is 0 Å². The molecule has 4 aromatic rings. The molecule has 32 heavy (non-hydrogen) atoms. The van der Waals surface area contributed by atoms with E-state index in [0.717, 1.165) is 71.1 Å². The van der Waals surface area contributed by atoms with Gasteiger partial charge in [0, 0.05) is 24.9 Å². The van der Waals surface area contributed by atoms with Crippen molar-refractivity contribution in [2.45, 2.75) is 25.3 Å². The van der Waals surface area contributed by atoms with Gasteiger partial charge in [-0.15, -0.1) is 11.3 Å². The zero-order chi connectivity index (χ0) is 21.7. The van der Waals surface area contributed by atoms with E-state index >= 15 is 0 Å². The predicted octanol–water partition coefficient (Wildman–Crippen LogP) is 3.74. The first kappa shape index (κ1) is 19.1. The van der Waals surface area contributed by atoms with Crippen molar-refractivity contribution in [1.82, 2.24) is 29.6 Å². The van der Waals surface area contributed by atoms with Crippen LogP contribution in [0.15, 0.2) is 53.5 Å². The smallest absolute Gasteiger partial charge is 0.164 e. The summed E-state index contributed by atoms with van der Waals surface area (Å²) in [6, 6.07) is 6.34. The Balaban J connectivity index is 1.45. The number of rotatable bonds is 4. The van der Waals surface area contributed by atoms with Crippen molar-refractivity contribution in [2.75, 3.05) is 18.8 Å². The SMILES string of the molecule is Nc1ncnc2c1c(-c1ccc3ncsc3c1)nn2C1CCC2=C1CCN(C=CC=O)C2. The van der Waals surface area contributed by atoms with E-state index < -0.39 is 0 Å². The van der Waals surface area contributed by atoms with Crippen LogP contribution in [0.25, 0.3) is 32.5 Å². The molecule has 4 heterocycles. The van der Waals surface area contributed by atoms with E-state index in [4.69, 9.17) is 10.8 Å². The first-order chi connectivity index (χ1) is 15.7. The molecule has 1 aliphatic carbocycles. The van der Waals surface area contributed by atoms with Crippen molar-refractivity contribution in [3.05, 3.63) is 53.5 Å². The number of nitrogens with zero attached hydrogens (tertiary/aromatic N) is 6. The molecule has 0 saturated carbocycles. The molecule has 160 valence electrons. The number of thiazole rings is 1. The van der Waals surface area contributed by atoms with Crippen molar-refractivity contribution in [3.8, 4) is 11.3 Å². The number of hydrogen-bond acceptors (Lipinski definition) is 8. The van der Waals surface area contributed by atoms with Gasteiger partial charge in [0.15, 0.2) is 5.65 Å². The minimum Gasteiger partial charge on any atom is -0.383 e. The molecule has 0 fully saturated rings. The standard InChI is InChI=1S/C23H21N7OS/c24-22-20-21(14-2-4-17-19(10-14)32-13-27-17)28-30(23(20)26-12-25-22)18-5-3-15-11-29(7-1-9-31)8-6-16(15)18/h1-2,4,7,9-10,12-13,18H,3,5-6,8,11H2,(H2,24,25,26). The lowest BCUT2D eigenvalue weighted by Crippen LogP contribution is -2.27. The number of fused-ring (bicyclic) bond motifs is 2. The van der Waals surface area contributed by atoms with Gasteiger partial charge < -0.3 is 10.6 Å². The first-order valence-electron chi connectivity index (χ1n) is 10.6. The van der Waals surface area contributed by atoms with Gasteiger partial charge in [-0.25, -0.2) is 19.6 Å². The molecule has 0 saturated heterocycles. The Labute approximate surface area is 188 Å². The largest absolute Gasteiger partial charge is 0.383 e. The van der Waals surface area contributed by atoms with Gasteiger partial charge in [0.25, 0.3) is 0 Å². The maximum absolute atomic E-state index is 10.7. The van der Waals surface area contributed by atoms with Gasteiger partial charge in [0.2, 0.25) is 0 Å². The average Bonchev–Trinajstić information content (AvgIpc) is 3.53. The fourth-order valence-electron chi connectivity index (χ4n) is 4.96. The highest BCUT2D eigenvalue weighted by Gasteiger charge is 2.33. The Bertz CT molecular complexity index is 1420. The van der Waals surface area contributed by atoms with Gasteiger partial charge in [-0.2, -0.15) is 5.10 Å². The topological polar surface area (TPSA) is 103 Å². The number of anilines is 1. The lowest BCUT2D eigenvalue weighted by Gasteiger charge is -2.28. The summed E-state index contributed by atoms with van der Waals surface area (Å²) in [6.45, 7) is 1.76. The fraction of sp³-hybridized carbons (Fsp3) is 0.261. The van der Waals surface area contributed by atoms with E-state index in [1.54, 1.807) is 17.4 Å². The summed E-state index contributed by atoms with van der Waals surface area (Å²) < 4.78 is 3.17. The Kier molecular flexibility index (Phi) is 4.50. The lowest BCUT2D eigenvalue weighted by atomic mass is 10.0. The molecule has 3 aromatic heterocycles. The Morgan fingerprint density at radius 1 is 1.19 bits per heavy atom. The normalized spacial score (nSPS) is 18.9. The van der Waals surface area contributed by atoms with Gasteiger partial charge in [-0.1, -0.05) is 6.07 Å².